The molecule has 0 radical (unpaired) electrons. The lowest BCUT2D eigenvalue weighted by atomic mass is 10.1. The smallest absolute Gasteiger partial charge is 0.444 e. The molecule has 1 unspecified atom stereocenters. The van der Waals surface area contributed by atoms with E-state index in [2.05, 4.69) is 20.7 Å². The second-order valence-electron chi connectivity index (χ2n) is 7.38. The molecule has 176 valence electrons. The van der Waals surface area contributed by atoms with Crippen LogP contribution >= 0.6 is 0 Å². The Morgan fingerprint density at radius 2 is 1.69 bits per heavy atom. The van der Waals surface area contributed by atoms with Crippen LogP contribution in [0.3, 0.4) is 0 Å². The van der Waals surface area contributed by atoms with Gasteiger partial charge in [-0.2, -0.15) is 0 Å². The summed E-state index contributed by atoms with van der Waals surface area (Å²) in [5.74, 6) is 2.10. The third kappa shape index (κ3) is 6.26. The second kappa shape index (κ2) is 10.1. The van der Waals surface area contributed by atoms with E-state index >= 15 is 0 Å². The van der Waals surface area contributed by atoms with Crippen LogP contribution in [0.25, 0.3) is 17.1 Å². The predicted octanol–water partition coefficient (Wildman–Crippen LogP) is 5.29. The van der Waals surface area contributed by atoms with E-state index in [0.29, 0.717) is 17.1 Å². The van der Waals surface area contributed by atoms with E-state index in [-0.39, 0.29) is 12.2 Å². The van der Waals surface area contributed by atoms with Gasteiger partial charge in [0.2, 0.25) is 0 Å². The van der Waals surface area contributed by atoms with Crippen LogP contribution in [0.4, 0.5) is 13.2 Å². The number of terminal acetylenes is 1. The Balaban J connectivity index is 1.39. The molecule has 0 amide bonds. The van der Waals surface area contributed by atoms with Crippen LogP contribution < -0.4 is 4.74 Å². The minimum Gasteiger partial charge on any atom is -0.444 e. The number of hydrogen-bond acceptors (Lipinski definition) is 5. The minimum absolute atomic E-state index is 0.0412. The molecule has 0 aliphatic heterocycles. The van der Waals surface area contributed by atoms with Gasteiger partial charge in [0.1, 0.15) is 12.1 Å². The molecule has 9 heteroatoms. The monoisotopic (exact) mass is 477 g/mol. The number of carbonyl (C=O) groups is 1. The summed E-state index contributed by atoms with van der Waals surface area (Å²) in [6.45, 7) is 0. The lowest BCUT2D eigenvalue weighted by Crippen LogP contribution is -2.17. The summed E-state index contributed by atoms with van der Waals surface area (Å²) in [6, 6.07) is 21.4. The van der Waals surface area contributed by atoms with Crippen LogP contribution in [0.15, 0.2) is 85.2 Å². The molecule has 0 aliphatic rings. The molecule has 0 spiro atoms. The number of aromatic nitrogens is 3. The number of ether oxygens (including phenoxy) is 2. The first-order valence-corrected chi connectivity index (χ1v) is 10.4. The van der Waals surface area contributed by atoms with Crippen molar-refractivity contribution in [2.24, 2.45) is 0 Å². The topological polar surface area (TPSA) is 66.2 Å². The molecule has 1 aromatic heterocycles. The predicted molar refractivity (Wildman–Crippen MR) is 121 cm³/mol. The normalized spacial score (nSPS) is 11.9. The van der Waals surface area contributed by atoms with Crippen LogP contribution in [0, 0.1) is 12.3 Å². The molecule has 1 heterocycles. The van der Waals surface area contributed by atoms with E-state index in [1.165, 1.54) is 35.3 Å². The van der Waals surface area contributed by atoms with Crippen molar-refractivity contribution in [3.63, 3.8) is 0 Å². The summed E-state index contributed by atoms with van der Waals surface area (Å²) in [5.41, 5.74) is 2.66. The molecule has 6 nitrogen and oxygen atoms in total. The number of halogens is 3. The van der Waals surface area contributed by atoms with Crippen molar-refractivity contribution in [2.45, 2.75) is 18.9 Å². The van der Waals surface area contributed by atoms with Crippen LogP contribution in [-0.2, 0) is 16.0 Å². The van der Waals surface area contributed by atoms with Crippen molar-refractivity contribution in [1.29, 1.82) is 0 Å². The van der Waals surface area contributed by atoms with Crippen molar-refractivity contribution in [3.8, 4) is 35.2 Å². The Bertz CT molecular complexity index is 1330. The van der Waals surface area contributed by atoms with E-state index in [1.807, 2.05) is 18.2 Å². The summed E-state index contributed by atoms with van der Waals surface area (Å²) >= 11 is 0. The maximum Gasteiger partial charge on any atom is 0.573 e. The van der Waals surface area contributed by atoms with E-state index in [1.54, 1.807) is 36.4 Å². The quantitative estimate of drug-likeness (QED) is 0.267. The molecule has 0 fully saturated rings. The zero-order valence-corrected chi connectivity index (χ0v) is 18.1. The highest BCUT2D eigenvalue weighted by atomic mass is 19.4. The van der Waals surface area contributed by atoms with Crippen molar-refractivity contribution in [3.05, 3.63) is 96.3 Å². The van der Waals surface area contributed by atoms with Gasteiger partial charge in [-0.25, -0.2) is 9.67 Å². The summed E-state index contributed by atoms with van der Waals surface area (Å²) in [5, 5.41) is 4.36. The fourth-order valence-electron chi connectivity index (χ4n) is 3.26. The third-order valence-corrected chi connectivity index (χ3v) is 4.89. The molecule has 4 rings (SSSR count). The number of nitrogens with zero attached hydrogens (tertiary/aromatic N) is 3. The van der Waals surface area contributed by atoms with Crippen molar-refractivity contribution >= 4 is 5.97 Å². The highest BCUT2D eigenvalue weighted by Crippen LogP contribution is 2.24. The Morgan fingerprint density at radius 3 is 2.31 bits per heavy atom. The van der Waals surface area contributed by atoms with Crippen molar-refractivity contribution in [1.82, 2.24) is 14.8 Å². The number of hydrogen-bond donors (Lipinski definition) is 0. The van der Waals surface area contributed by atoms with Gasteiger partial charge in [0.15, 0.2) is 11.9 Å². The van der Waals surface area contributed by atoms with E-state index in [4.69, 9.17) is 11.2 Å². The first-order chi connectivity index (χ1) is 16.8. The van der Waals surface area contributed by atoms with Gasteiger partial charge in [-0.1, -0.05) is 60.5 Å². The zero-order valence-electron chi connectivity index (χ0n) is 18.1. The van der Waals surface area contributed by atoms with Crippen molar-refractivity contribution < 1.29 is 27.4 Å². The molecule has 35 heavy (non-hydrogen) atoms. The largest absolute Gasteiger partial charge is 0.573 e. The van der Waals surface area contributed by atoms with E-state index in [0.717, 1.165) is 11.1 Å². The number of rotatable bonds is 7. The van der Waals surface area contributed by atoms with E-state index in [9.17, 15) is 18.0 Å². The maximum absolute atomic E-state index is 12.4. The van der Waals surface area contributed by atoms with Gasteiger partial charge in [-0.3, -0.25) is 4.79 Å². The van der Waals surface area contributed by atoms with Crippen LogP contribution in [0.1, 0.15) is 17.2 Å². The van der Waals surface area contributed by atoms with Gasteiger partial charge < -0.3 is 9.47 Å². The fraction of sp³-hybridized carbons (Fsp3) is 0.115. The van der Waals surface area contributed by atoms with Gasteiger partial charge in [0.25, 0.3) is 0 Å². The number of carbonyl (C=O) groups excluding carboxylic acids is 1. The number of alkyl halides is 3. The Kier molecular flexibility index (Phi) is 6.83. The Labute approximate surface area is 199 Å². The lowest BCUT2D eigenvalue weighted by Gasteiger charge is -2.12. The molecule has 0 bridgehead atoms. The lowest BCUT2D eigenvalue weighted by molar-refractivity contribution is -0.274. The van der Waals surface area contributed by atoms with Gasteiger partial charge >= 0.3 is 12.3 Å². The zero-order chi connectivity index (χ0) is 24.8. The first-order valence-electron chi connectivity index (χ1n) is 10.4. The fourth-order valence-corrected chi connectivity index (χ4v) is 3.26. The molecule has 1 atom stereocenters. The average molecular weight is 477 g/mol. The summed E-state index contributed by atoms with van der Waals surface area (Å²) in [4.78, 5) is 16.6. The van der Waals surface area contributed by atoms with Gasteiger partial charge in [0.05, 0.1) is 12.1 Å². The molecule has 0 saturated carbocycles. The molecule has 0 saturated heterocycles. The highest BCUT2D eigenvalue weighted by molar-refractivity contribution is 5.73. The summed E-state index contributed by atoms with van der Waals surface area (Å²) in [6.07, 6.45) is 1.49. The average Bonchev–Trinajstić information content (AvgIpc) is 3.33. The molecule has 0 N–H and O–H groups in total. The van der Waals surface area contributed by atoms with Gasteiger partial charge in [0, 0.05) is 11.1 Å². The molecular weight excluding hydrogens is 459 g/mol. The van der Waals surface area contributed by atoms with Crippen LogP contribution in [-0.4, -0.2) is 27.1 Å². The molecule has 3 aromatic carbocycles. The van der Waals surface area contributed by atoms with Gasteiger partial charge in [-0.05, 0) is 29.8 Å². The SMILES string of the molecule is C#CC(OC(=O)Cc1ccc(-c2ncn(-c3ccc(OC(F)(F)F)cc3)n2)cc1)c1ccccc1. The number of esters is 1. The molecular formula is C26H18F3N3O3. The van der Waals surface area contributed by atoms with Crippen LogP contribution in [0.5, 0.6) is 5.75 Å². The third-order valence-electron chi connectivity index (χ3n) is 4.89. The Morgan fingerprint density at radius 1 is 1.00 bits per heavy atom. The maximum atomic E-state index is 12.4. The minimum atomic E-state index is -4.75. The van der Waals surface area contributed by atoms with E-state index < -0.39 is 18.4 Å². The van der Waals surface area contributed by atoms with Crippen LogP contribution in [0.2, 0.25) is 0 Å². The second-order valence-corrected chi connectivity index (χ2v) is 7.38. The van der Waals surface area contributed by atoms with Gasteiger partial charge in [-0.15, -0.1) is 24.7 Å². The Hall–Kier alpha value is -4.58. The standard InChI is InChI=1S/C26H18F3N3O3/c1-2-23(19-6-4-3-5-7-19)34-24(33)16-18-8-10-20(11-9-18)25-30-17-32(31-25)21-12-14-22(15-13-21)35-26(27,28)29/h1,3-15,17,23H,16H2. The highest BCUT2D eigenvalue weighted by Gasteiger charge is 2.31. The van der Waals surface area contributed by atoms with Crippen molar-refractivity contribution in [2.75, 3.05) is 0 Å². The number of benzene rings is 3. The molecule has 0 aliphatic carbocycles. The molecule has 4 aromatic rings. The first kappa shape index (κ1) is 23.6. The summed E-state index contributed by atoms with van der Waals surface area (Å²) in [7, 11) is 0. The summed E-state index contributed by atoms with van der Waals surface area (Å²) < 4.78 is 47.7.